The first kappa shape index (κ1) is 10.9. The fraction of sp³-hybridized carbons (Fsp3) is 0.357. The molecule has 0 spiro atoms. The molecule has 1 saturated carbocycles. The lowest BCUT2D eigenvalue weighted by Crippen LogP contribution is -2.26. The first-order valence-corrected chi connectivity index (χ1v) is 5.69. The highest BCUT2D eigenvalue weighted by Crippen LogP contribution is 2.33. The van der Waals surface area contributed by atoms with Crippen LogP contribution in [-0.4, -0.2) is 18.9 Å². The summed E-state index contributed by atoms with van der Waals surface area (Å²) in [6.07, 6.45) is 5.36. The number of hydrogen-bond acceptors (Lipinski definition) is 2. The van der Waals surface area contributed by atoms with Gasteiger partial charge in [-0.2, -0.15) is 0 Å². The van der Waals surface area contributed by atoms with Crippen LogP contribution < -0.4 is 4.90 Å². The van der Waals surface area contributed by atoms with Gasteiger partial charge in [0.25, 0.3) is 0 Å². The Hall–Kier alpha value is -1.57. The summed E-state index contributed by atoms with van der Waals surface area (Å²) in [5.74, 6) is 0. The number of hydrogen-bond donors (Lipinski definition) is 0. The van der Waals surface area contributed by atoms with E-state index in [1.165, 1.54) is 24.1 Å². The van der Waals surface area contributed by atoms with E-state index in [2.05, 4.69) is 18.4 Å². The van der Waals surface area contributed by atoms with Crippen molar-refractivity contribution in [3.63, 3.8) is 0 Å². The highest BCUT2D eigenvalue weighted by Gasteiger charge is 2.29. The highest BCUT2D eigenvalue weighted by atomic mass is 16.1. The van der Waals surface area contributed by atoms with Crippen LogP contribution in [0.2, 0.25) is 0 Å². The number of anilines is 1. The van der Waals surface area contributed by atoms with Gasteiger partial charge in [0.1, 0.15) is 6.29 Å². The fourth-order valence-electron chi connectivity index (χ4n) is 2.04. The Labute approximate surface area is 96.6 Å². The van der Waals surface area contributed by atoms with Crippen LogP contribution in [0.4, 0.5) is 5.69 Å². The van der Waals surface area contributed by atoms with Gasteiger partial charge >= 0.3 is 0 Å². The Kier molecular flexibility index (Phi) is 3.09. The Morgan fingerprint density at radius 3 is 2.75 bits per heavy atom. The molecule has 0 unspecified atom stereocenters. The zero-order valence-corrected chi connectivity index (χ0v) is 9.65. The van der Waals surface area contributed by atoms with Gasteiger partial charge in [0.15, 0.2) is 0 Å². The molecule has 0 amide bonds. The van der Waals surface area contributed by atoms with E-state index in [1.54, 1.807) is 0 Å². The molecule has 0 saturated heterocycles. The first-order valence-electron chi connectivity index (χ1n) is 5.69. The third-order valence-electron chi connectivity index (χ3n) is 2.98. The number of aldehydes is 1. The van der Waals surface area contributed by atoms with E-state index in [0.717, 1.165) is 18.4 Å². The van der Waals surface area contributed by atoms with E-state index in [4.69, 9.17) is 0 Å². The largest absolute Gasteiger partial charge is 0.365 e. The van der Waals surface area contributed by atoms with Crippen molar-refractivity contribution in [2.24, 2.45) is 0 Å². The first-order chi connectivity index (χ1) is 7.76. The monoisotopic (exact) mass is 215 g/mol. The summed E-state index contributed by atoms with van der Waals surface area (Å²) < 4.78 is 0. The standard InChI is InChI=1S/C14H17NO/c1-3-8-15(13-5-6-13)14-7-4-12(10-16)9-11(14)2/h3-4,7,9-10,13H,1,5-6,8H2,2H3. The molecular weight excluding hydrogens is 198 g/mol. The number of nitrogens with zero attached hydrogens (tertiary/aromatic N) is 1. The fourth-order valence-corrected chi connectivity index (χ4v) is 2.04. The second-order valence-electron chi connectivity index (χ2n) is 4.34. The third-order valence-corrected chi connectivity index (χ3v) is 2.98. The minimum Gasteiger partial charge on any atom is -0.365 e. The lowest BCUT2D eigenvalue weighted by Gasteiger charge is -2.25. The maximum Gasteiger partial charge on any atom is 0.150 e. The molecule has 0 radical (unpaired) electrons. The molecule has 1 aliphatic rings. The molecule has 0 atom stereocenters. The van der Waals surface area contributed by atoms with Gasteiger partial charge in [-0.3, -0.25) is 4.79 Å². The van der Waals surface area contributed by atoms with Crippen LogP contribution in [0.15, 0.2) is 30.9 Å². The molecule has 0 aliphatic heterocycles. The quantitative estimate of drug-likeness (QED) is 0.556. The summed E-state index contributed by atoms with van der Waals surface area (Å²) >= 11 is 0. The summed E-state index contributed by atoms with van der Waals surface area (Å²) in [5, 5.41) is 0. The van der Waals surface area contributed by atoms with Crippen LogP contribution in [0, 0.1) is 6.92 Å². The molecule has 0 aromatic heterocycles. The van der Waals surface area contributed by atoms with Gasteiger partial charge < -0.3 is 4.90 Å². The van der Waals surface area contributed by atoms with Crippen molar-refractivity contribution in [1.82, 2.24) is 0 Å². The van der Waals surface area contributed by atoms with Crippen LogP contribution in [0.1, 0.15) is 28.8 Å². The lowest BCUT2D eigenvalue weighted by atomic mass is 10.1. The molecule has 2 rings (SSSR count). The zero-order valence-electron chi connectivity index (χ0n) is 9.65. The number of rotatable bonds is 5. The second-order valence-corrected chi connectivity index (χ2v) is 4.34. The van der Waals surface area contributed by atoms with Crippen molar-refractivity contribution in [2.75, 3.05) is 11.4 Å². The number of benzene rings is 1. The highest BCUT2D eigenvalue weighted by molar-refractivity contribution is 5.77. The smallest absolute Gasteiger partial charge is 0.150 e. The molecule has 0 N–H and O–H groups in total. The molecule has 2 nitrogen and oxygen atoms in total. The average molecular weight is 215 g/mol. The average Bonchev–Trinajstić information content (AvgIpc) is 3.10. The van der Waals surface area contributed by atoms with Crippen LogP contribution in [0.5, 0.6) is 0 Å². The predicted octanol–water partition coefficient (Wildman–Crippen LogP) is 2.96. The Bertz CT molecular complexity index is 407. The van der Waals surface area contributed by atoms with E-state index in [0.29, 0.717) is 6.04 Å². The maximum atomic E-state index is 10.7. The van der Waals surface area contributed by atoms with Crippen molar-refractivity contribution in [3.05, 3.63) is 42.0 Å². The van der Waals surface area contributed by atoms with E-state index < -0.39 is 0 Å². The molecule has 0 heterocycles. The second kappa shape index (κ2) is 4.52. The summed E-state index contributed by atoms with van der Waals surface area (Å²) in [6, 6.07) is 6.54. The van der Waals surface area contributed by atoms with Gasteiger partial charge in [-0.15, -0.1) is 6.58 Å². The van der Waals surface area contributed by atoms with Crippen LogP contribution in [0.25, 0.3) is 0 Å². The Morgan fingerprint density at radius 2 is 2.25 bits per heavy atom. The molecule has 0 bridgehead atoms. The van der Waals surface area contributed by atoms with Crippen molar-refractivity contribution in [2.45, 2.75) is 25.8 Å². The SMILES string of the molecule is C=CCN(c1ccc(C=O)cc1C)C1CC1. The summed E-state index contributed by atoms with van der Waals surface area (Å²) in [4.78, 5) is 13.1. The van der Waals surface area contributed by atoms with E-state index >= 15 is 0 Å². The normalized spacial score (nSPS) is 14.6. The predicted molar refractivity (Wildman–Crippen MR) is 67.1 cm³/mol. The molecule has 1 fully saturated rings. The summed E-state index contributed by atoms with van der Waals surface area (Å²) in [7, 11) is 0. The topological polar surface area (TPSA) is 20.3 Å². The zero-order chi connectivity index (χ0) is 11.5. The van der Waals surface area contributed by atoms with Crippen molar-refractivity contribution < 1.29 is 4.79 Å². The number of carbonyl (C=O) groups excluding carboxylic acids is 1. The Morgan fingerprint density at radius 1 is 1.50 bits per heavy atom. The van der Waals surface area contributed by atoms with Gasteiger partial charge in [0.2, 0.25) is 0 Å². The minimum atomic E-state index is 0.666. The number of aryl methyl sites for hydroxylation is 1. The van der Waals surface area contributed by atoms with Crippen molar-refractivity contribution in [3.8, 4) is 0 Å². The van der Waals surface area contributed by atoms with Crippen molar-refractivity contribution >= 4 is 12.0 Å². The van der Waals surface area contributed by atoms with Crippen LogP contribution in [0.3, 0.4) is 0 Å². The molecule has 1 aromatic rings. The van der Waals surface area contributed by atoms with Crippen LogP contribution >= 0.6 is 0 Å². The maximum absolute atomic E-state index is 10.7. The molecule has 16 heavy (non-hydrogen) atoms. The lowest BCUT2D eigenvalue weighted by molar-refractivity contribution is 0.112. The van der Waals surface area contributed by atoms with Crippen molar-refractivity contribution in [1.29, 1.82) is 0 Å². The van der Waals surface area contributed by atoms with E-state index in [-0.39, 0.29) is 0 Å². The molecule has 1 aliphatic carbocycles. The minimum absolute atomic E-state index is 0.666. The van der Waals surface area contributed by atoms with Gasteiger partial charge in [0, 0.05) is 23.8 Å². The molecule has 84 valence electrons. The van der Waals surface area contributed by atoms with Gasteiger partial charge in [-0.1, -0.05) is 6.08 Å². The molecular formula is C14H17NO. The summed E-state index contributed by atoms with van der Waals surface area (Å²) in [5.41, 5.74) is 3.14. The van der Waals surface area contributed by atoms with Crippen LogP contribution in [-0.2, 0) is 0 Å². The molecule has 2 heteroatoms. The number of carbonyl (C=O) groups is 1. The van der Waals surface area contributed by atoms with E-state index in [1.807, 2.05) is 24.3 Å². The van der Waals surface area contributed by atoms with E-state index in [9.17, 15) is 4.79 Å². The molecule has 1 aromatic carbocycles. The summed E-state index contributed by atoms with van der Waals surface area (Å²) in [6.45, 7) is 6.74. The van der Waals surface area contributed by atoms with Gasteiger partial charge in [0.05, 0.1) is 0 Å². The van der Waals surface area contributed by atoms with Gasteiger partial charge in [-0.25, -0.2) is 0 Å². The Balaban J connectivity index is 2.29. The van der Waals surface area contributed by atoms with Gasteiger partial charge in [-0.05, 0) is 43.5 Å². The third kappa shape index (κ3) is 2.16.